The van der Waals surface area contributed by atoms with Gasteiger partial charge in [0.15, 0.2) is 0 Å². The second-order valence-electron chi connectivity index (χ2n) is 6.10. The highest BCUT2D eigenvalue weighted by molar-refractivity contribution is 7.99. The summed E-state index contributed by atoms with van der Waals surface area (Å²) in [5.74, 6) is -0.415. The number of rotatable bonds is 11. The van der Waals surface area contributed by atoms with Crippen LogP contribution in [0.3, 0.4) is 0 Å². The van der Waals surface area contributed by atoms with Crippen molar-refractivity contribution in [2.75, 3.05) is 5.75 Å². The second-order valence-corrected chi connectivity index (χ2v) is 7.27. The van der Waals surface area contributed by atoms with Gasteiger partial charge in [-0.15, -0.1) is 11.8 Å². The molecule has 138 valence electrons. The predicted octanol–water partition coefficient (Wildman–Crippen LogP) is 5.51. The third-order valence-electron chi connectivity index (χ3n) is 4.20. The highest BCUT2D eigenvalue weighted by Crippen LogP contribution is 2.25. The number of carboxylic acid groups (broad SMARTS) is 1. The van der Waals surface area contributed by atoms with Gasteiger partial charge in [-0.1, -0.05) is 49.6 Å². The van der Waals surface area contributed by atoms with Gasteiger partial charge in [0, 0.05) is 17.0 Å². The Morgan fingerprint density at radius 1 is 1.00 bits per heavy atom. The third kappa shape index (κ3) is 6.52. The summed E-state index contributed by atoms with van der Waals surface area (Å²) in [7, 11) is 0. The van der Waals surface area contributed by atoms with Gasteiger partial charge in [-0.05, 0) is 36.3 Å². The van der Waals surface area contributed by atoms with Gasteiger partial charge in [-0.3, -0.25) is 14.9 Å². The zero-order chi connectivity index (χ0) is 18.8. The molecule has 1 atom stereocenters. The molecule has 2 aromatic carbocycles. The van der Waals surface area contributed by atoms with E-state index in [0.717, 1.165) is 31.4 Å². The van der Waals surface area contributed by atoms with Crippen LogP contribution in [-0.4, -0.2) is 21.8 Å². The summed E-state index contributed by atoms with van der Waals surface area (Å²) in [6.45, 7) is 0. The Bertz CT molecular complexity index is 704. The van der Waals surface area contributed by atoms with Crippen molar-refractivity contribution >= 4 is 23.4 Å². The largest absolute Gasteiger partial charge is 0.481 e. The first-order valence-corrected chi connectivity index (χ1v) is 9.71. The summed E-state index contributed by atoms with van der Waals surface area (Å²) in [5.41, 5.74) is 0.608. The van der Waals surface area contributed by atoms with Crippen LogP contribution in [0.5, 0.6) is 0 Å². The summed E-state index contributed by atoms with van der Waals surface area (Å²) >= 11 is 1.84. The molecule has 1 N–H and O–H groups in total. The van der Waals surface area contributed by atoms with E-state index in [1.807, 2.05) is 30.0 Å². The van der Waals surface area contributed by atoms with E-state index in [2.05, 4.69) is 12.1 Å². The minimum atomic E-state index is -0.876. The van der Waals surface area contributed by atoms with Crippen molar-refractivity contribution in [2.24, 2.45) is 0 Å². The molecule has 26 heavy (non-hydrogen) atoms. The van der Waals surface area contributed by atoms with Crippen LogP contribution in [0.1, 0.15) is 43.6 Å². The lowest BCUT2D eigenvalue weighted by Crippen LogP contribution is -2.11. The van der Waals surface area contributed by atoms with Gasteiger partial charge >= 0.3 is 5.97 Å². The number of benzene rings is 2. The van der Waals surface area contributed by atoms with Crippen molar-refractivity contribution < 1.29 is 14.8 Å². The van der Waals surface area contributed by atoms with Gasteiger partial charge in [-0.2, -0.15) is 0 Å². The van der Waals surface area contributed by atoms with Crippen LogP contribution < -0.4 is 0 Å². The lowest BCUT2D eigenvalue weighted by molar-refractivity contribution is -0.384. The number of nitrogens with zero attached hydrogens (tertiary/aromatic N) is 1. The molecule has 0 aliphatic heterocycles. The van der Waals surface area contributed by atoms with Crippen LogP contribution in [-0.2, 0) is 4.79 Å². The first-order chi connectivity index (χ1) is 12.6. The molecular formula is C20H23NO4S. The molecule has 1 unspecified atom stereocenters. The molecule has 0 aliphatic rings. The number of thioether (sulfide) groups is 1. The number of unbranched alkanes of at least 4 members (excludes halogenated alkanes) is 3. The lowest BCUT2D eigenvalue weighted by Gasteiger charge is -2.12. The molecule has 5 nitrogen and oxygen atoms in total. The normalized spacial score (nSPS) is 11.8. The standard InChI is InChI=1S/C20H23NO4S/c22-20(23)19(16-11-13-17(14-12-16)21(24)25)10-6-1-2-7-15-26-18-8-4-3-5-9-18/h3-5,8-9,11-14,19H,1-2,6-7,10,15H2,(H,22,23). The SMILES string of the molecule is O=C(O)C(CCCCCCSc1ccccc1)c1ccc([N+](=O)[O-])cc1. The van der Waals surface area contributed by atoms with Crippen molar-refractivity contribution in [1.82, 2.24) is 0 Å². The molecule has 0 fully saturated rings. The summed E-state index contributed by atoms with van der Waals surface area (Å²) in [5, 5.41) is 20.1. The van der Waals surface area contributed by atoms with Crippen LogP contribution >= 0.6 is 11.8 Å². The Balaban J connectivity index is 1.70. The maximum absolute atomic E-state index is 11.5. The smallest absolute Gasteiger partial charge is 0.310 e. The average Bonchev–Trinajstić information content (AvgIpc) is 2.64. The number of nitro benzene ring substituents is 1. The molecule has 0 heterocycles. The summed E-state index contributed by atoms with van der Waals surface area (Å²) in [6.07, 6.45) is 4.57. The average molecular weight is 373 g/mol. The van der Waals surface area contributed by atoms with Gasteiger partial charge in [0.2, 0.25) is 0 Å². The Morgan fingerprint density at radius 2 is 1.65 bits per heavy atom. The van der Waals surface area contributed by atoms with Crippen molar-refractivity contribution in [1.29, 1.82) is 0 Å². The summed E-state index contributed by atoms with van der Waals surface area (Å²) < 4.78 is 0. The van der Waals surface area contributed by atoms with E-state index < -0.39 is 16.8 Å². The fraction of sp³-hybridized carbons (Fsp3) is 0.350. The van der Waals surface area contributed by atoms with Crippen LogP contribution in [0.25, 0.3) is 0 Å². The van der Waals surface area contributed by atoms with Crippen molar-refractivity contribution in [3.63, 3.8) is 0 Å². The molecule has 0 aliphatic carbocycles. The molecule has 0 saturated carbocycles. The number of hydrogen-bond donors (Lipinski definition) is 1. The Kier molecular flexibility index (Phi) is 8.15. The zero-order valence-electron chi connectivity index (χ0n) is 14.5. The van der Waals surface area contributed by atoms with Crippen molar-refractivity contribution in [3.8, 4) is 0 Å². The minimum Gasteiger partial charge on any atom is -0.481 e. The highest BCUT2D eigenvalue weighted by atomic mass is 32.2. The molecule has 2 aromatic rings. The molecule has 6 heteroatoms. The van der Waals surface area contributed by atoms with E-state index in [0.29, 0.717) is 12.0 Å². The van der Waals surface area contributed by atoms with E-state index in [1.54, 1.807) is 12.1 Å². The molecule has 2 rings (SSSR count). The van der Waals surface area contributed by atoms with Gasteiger partial charge in [-0.25, -0.2) is 0 Å². The number of aliphatic carboxylic acids is 1. The zero-order valence-corrected chi connectivity index (χ0v) is 15.4. The highest BCUT2D eigenvalue weighted by Gasteiger charge is 2.20. The topological polar surface area (TPSA) is 80.4 Å². The molecule has 0 saturated heterocycles. The second kappa shape index (κ2) is 10.6. The van der Waals surface area contributed by atoms with Gasteiger partial charge in [0.05, 0.1) is 10.8 Å². The van der Waals surface area contributed by atoms with E-state index in [4.69, 9.17) is 0 Å². The third-order valence-corrected chi connectivity index (χ3v) is 5.30. The number of nitro groups is 1. The fourth-order valence-electron chi connectivity index (χ4n) is 2.77. The first-order valence-electron chi connectivity index (χ1n) is 8.73. The summed E-state index contributed by atoms with van der Waals surface area (Å²) in [6, 6.07) is 16.1. The first kappa shape index (κ1) is 20.0. The van der Waals surface area contributed by atoms with Gasteiger partial charge in [0.25, 0.3) is 5.69 Å². The van der Waals surface area contributed by atoms with Gasteiger partial charge in [0.1, 0.15) is 0 Å². The quantitative estimate of drug-likeness (QED) is 0.243. The number of carbonyl (C=O) groups is 1. The Morgan fingerprint density at radius 3 is 2.27 bits per heavy atom. The molecule has 0 radical (unpaired) electrons. The minimum absolute atomic E-state index is 0.0196. The number of carboxylic acids is 1. The molecule has 0 bridgehead atoms. The molecular weight excluding hydrogens is 350 g/mol. The molecule has 0 aromatic heterocycles. The lowest BCUT2D eigenvalue weighted by atomic mass is 9.93. The monoisotopic (exact) mass is 373 g/mol. The number of hydrogen-bond acceptors (Lipinski definition) is 4. The van der Waals surface area contributed by atoms with E-state index in [1.165, 1.54) is 17.0 Å². The summed E-state index contributed by atoms with van der Waals surface area (Å²) in [4.78, 5) is 23.0. The van der Waals surface area contributed by atoms with Crippen LogP contribution in [0.4, 0.5) is 5.69 Å². The molecule has 0 amide bonds. The Labute approximate surface area is 157 Å². The van der Waals surface area contributed by atoms with E-state index >= 15 is 0 Å². The van der Waals surface area contributed by atoms with Crippen molar-refractivity contribution in [2.45, 2.75) is 42.9 Å². The molecule has 0 spiro atoms. The van der Waals surface area contributed by atoms with E-state index in [-0.39, 0.29) is 5.69 Å². The van der Waals surface area contributed by atoms with Crippen LogP contribution in [0.15, 0.2) is 59.5 Å². The van der Waals surface area contributed by atoms with E-state index in [9.17, 15) is 20.0 Å². The Hall–Kier alpha value is -2.34. The maximum Gasteiger partial charge on any atom is 0.310 e. The maximum atomic E-state index is 11.5. The fourth-order valence-corrected chi connectivity index (χ4v) is 3.71. The predicted molar refractivity (Wildman–Crippen MR) is 104 cm³/mol. The van der Waals surface area contributed by atoms with Crippen LogP contribution in [0, 0.1) is 10.1 Å². The number of non-ortho nitro benzene ring substituents is 1. The van der Waals surface area contributed by atoms with Crippen LogP contribution in [0.2, 0.25) is 0 Å². The van der Waals surface area contributed by atoms with Gasteiger partial charge < -0.3 is 5.11 Å². The van der Waals surface area contributed by atoms with Crippen molar-refractivity contribution in [3.05, 3.63) is 70.3 Å².